The zero-order valence-electron chi connectivity index (χ0n) is 9.43. The third-order valence-electron chi connectivity index (χ3n) is 3.11. The van der Waals surface area contributed by atoms with Crippen molar-refractivity contribution in [2.75, 3.05) is 18.0 Å². The van der Waals surface area contributed by atoms with Gasteiger partial charge in [0.1, 0.15) is 0 Å². The second kappa shape index (κ2) is 4.34. The molecule has 0 amide bonds. The number of para-hydroxylation sites is 1. The van der Waals surface area contributed by atoms with Crippen molar-refractivity contribution in [3.05, 3.63) is 52.2 Å². The van der Waals surface area contributed by atoms with Crippen molar-refractivity contribution in [1.82, 2.24) is 0 Å². The Morgan fingerprint density at radius 2 is 2.12 bits per heavy atom. The quantitative estimate of drug-likeness (QED) is 0.772. The van der Waals surface area contributed by atoms with E-state index in [9.17, 15) is 4.79 Å². The molecular formula is C14H13NOS. The maximum Gasteiger partial charge on any atom is 0.191 e. The van der Waals surface area contributed by atoms with E-state index in [1.165, 1.54) is 22.6 Å². The highest BCUT2D eigenvalue weighted by molar-refractivity contribution is 7.12. The number of hydrogen-bond donors (Lipinski definition) is 0. The van der Waals surface area contributed by atoms with Gasteiger partial charge in [-0.25, -0.2) is 0 Å². The Hall–Kier alpha value is -1.61. The summed E-state index contributed by atoms with van der Waals surface area (Å²) in [6, 6.07) is 12.2. The van der Waals surface area contributed by atoms with Gasteiger partial charge in [-0.05, 0) is 29.5 Å². The van der Waals surface area contributed by atoms with Crippen LogP contribution in [0.25, 0.3) is 0 Å². The molecule has 0 unspecified atom stereocenters. The molecule has 0 spiro atoms. The van der Waals surface area contributed by atoms with Gasteiger partial charge in [-0.15, -0.1) is 11.3 Å². The van der Waals surface area contributed by atoms with E-state index in [0.717, 1.165) is 17.8 Å². The molecule has 0 bridgehead atoms. The molecule has 3 rings (SSSR count). The fourth-order valence-electron chi connectivity index (χ4n) is 2.26. The molecular weight excluding hydrogens is 230 g/mol. The second-order valence-electron chi connectivity index (χ2n) is 4.20. The van der Waals surface area contributed by atoms with E-state index in [2.05, 4.69) is 23.1 Å². The number of carbonyl (C=O) groups excluding carboxylic acids is 1. The van der Waals surface area contributed by atoms with E-state index >= 15 is 0 Å². The Bertz CT molecular complexity index is 533. The van der Waals surface area contributed by atoms with Crippen LogP contribution in [0.3, 0.4) is 0 Å². The first-order valence-corrected chi connectivity index (χ1v) is 6.62. The molecule has 0 saturated carbocycles. The predicted octanol–water partition coefficient (Wildman–Crippen LogP) is 2.99. The lowest BCUT2D eigenvalue weighted by Gasteiger charge is -2.17. The highest BCUT2D eigenvalue weighted by Crippen LogP contribution is 2.27. The SMILES string of the molecule is O=C(CN1CCc2ccccc21)c1cccs1. The molecule has 0 radical (unpaired) electrons. The van der Waals surface area contributed by atoms with Crippen molar-refractivity contribution in [1.29, 1.82) is 0 Å². The zero-order valence-corrected chi connectivity index (χ0v) is 10.2. The first-order chi connectivity index (χ1) is 8.34. The molecule has 2 heterocycles. The number of thiophene rings is 1. The summed E-state index contributed by atoms with van der Waals surface area (Å²) in [5.74, 6) is 0.219. The molecule has 0 fully saturated rings. The van der Waals surface area contributed by atoms with Crippen molar-refractivity contribution in [3.8, 4) is 0 Å². The summed E-state index contributed by atoms with van der Waals surface area (Å²) in [7, 11) is 0. The molecule has 1 aliphatic rings. The summed E-state index contributed by atoms with van der Waals surface area (Å²) in [4.78, 5) is 15.1. The number of rotatable bonds is 3. The molecule has 1 aliphatic heterocycles. The molecule has 86 valence electrons. The number of fused-ring (bicyclic) bond motifs is 1. The topological polar surface area (TPSA) is 20.3 Å². The smallest absolute Gasteiger partial charge is 0.191 e. The Labute approximate surface area is 105 Å². The first kappa shape index (κ1) is 10.5. The largest absolute Gasteiger partial charge is 0.363 e. The summed E-state index contributed by atoms with van der Waals surface area (Å²) in [5, 5.41) is 1.95. The van der Waals surface area contributed by atoms with Gasteiger partial charge in [0.2, 0.25) is 0 Å². The summed E-state index contributed by atoms with van der Waals surface area (Å²) < 4.78 is 0. The molecule has 17 heavy (non-hydrogen) atoms. The van der Waals surface area contributed by atoms with Crippen molar-refractivity contribution < 1.29 is 4.79 Å². The minimum absolute atomic E-state index is 0.219. The molecule has 1 aromatic carbocycles. The van der Waals surface area contributed by atoms with Gasteiger partial charge >= 0.3 is 0 Å². The van der Waals surface area contributed by atoms with Crippen LogP contribution in [-0.4, -0.2) is 18.9 Å². The molecule has 1 aromatic heterocycles. The van der Waals surface area contributed by atoms with Crippen molar-refractivity contribution in [2.45, 2.75) is 6.42 Å². The summed E-state index contributed by atoms with van der Waals surface area (Å²) in [6.07, 6.45) is 1.05. The van der Waals surface area contributed by atoms with E-state index in [4.69, 9.17) is 0 Å². The fraction of sp³-hybridized carbons (Fsp3) is 0.214. The predicted molar refractivity (Wildman–Crippen MR) is 71.0 cm³/mol. The number of ketones is 1. The van der Waals surface area contributed by atoms with Crippen molar-refractivity contribution >= 4 is 22.8 Å². The molecule has 0 atom stereocenters. The molecule has 2 nitrogen and oxygen atoms in total. The van der Waals surface area contributed by atoms with Crippen LogP contribution in [0.2, 0.25) is 0 Å². The van der Waals surface area contributed by atoms with Crippen LogP contribution in [0.1, 0.15) is 15.2 Å². The lowest BCUT2D eigenvalue weighted by Crippen LogP contribution is -2.27. The van der Waals surface area contributed by atoms with E-state index < -0.39 is 0 Å². The van der Waals surface area contributed by atoms with E-state index in [1.54, 1.807) is 0 Å². The number of nitrogens with zero attached hydrogens (tertiary/aromatic N) is 1. The van der Waals surface area contributed by atoms with Crippen LogP contribution in [-0.2, 0) is 6.42 Å². The average Bonchev–Trinajstić information content (AvgIpc) is 2.98. The Morgan fingerprint density at radius 3 is 2.94 bits per heavy atom. The number of carbonyl (C=O) groups is 1. The fourth-order valence-corrected chi connectivity index (χ4v) is 2.92. The lowest BCUT2D eigenvalue weighted by molar-refractivity contribution is 0.100. The van der Waals surface area contributed by atoms with E-state index in [1.807, 2.05) is 23.6 Å². The molecule has 0 saturated heterocycles. The minimum atomic E-state index is 0.219. The van der Waals surface area contributed by atoms with Gasteiger partial charge in [-0.1, -0.05) is 24.3 Å². The molecule has 0 aliphatic carbocycles. The van der Waals surface area contributed by atoms with Gasteiger partial charge in [0, 0.05) is 12.2 Å². The summed E-state index contributed by atoms with van der Waals surface area (Å²) in [5.41, 5.74) is 2.57. The third kappa shape index (κ3) is 1.98. The third-order valence-corrected chi connectivity index (χ3v) is 4.02. The van der Waals surface area contributed by atoms with Crippen LogP contribution in [0.15, 0.2) is 41.8 Å². The van der Waals surface area contributed by atoms with Gasteiger partial charge in [-0.3, -0.25) is 4.79 Å². The Kier molecular flexibility index (Phi) is 2.69. The summed E-state index contributed by atoms with van der Waals surface area (Å²) in [6.45, 7) is 1.45. The van der Waals surface area contributed by atoms with Crippen LogP contribution >= 0.6 is 11.3 Å². The highest BCUT2D eigenvalue weighted by atomic mass is 32.1. The lowest BCUT2D eigenvalue weighted by atomic mass is 10.2. The van der Waals surface area contributed by atoms with Crippen molar-refractivity contribution in [3.63, 3.8) is 0 Å². The monoisotopic (exact) mass is 243 g/mol. The number of hydrogen-bond acceptors (Lipinski definition) is 3. The second-order valence-corrected chi connectivity index (χ2v) is 5.15. The average molecular weight is 243 g/mol. The molecule has 2 aromatic rings. The van der Waals surface area contributed by atoms with Gasteiger partial charge < -0.3 is 4.90 Å². The van der Waals surface area contributed by atoms with Gasteiger partial charge in [0.15, 0.2) is 5.78 Å². The summed E-state index contributed by atoms with van der Waals surface area (Å²) >= 11 is 1.52. The van der Waals surface area contributed by atoms with Gasteiger partial charge in [0.25, 0.3) is 0 Å². The maximum absolute atomic E-state index is 12.0. The van der Waals surface area contributed by atoms with E-state index in [0.29, 0.717) is 6.54 Å². The Balaban J connectivity index is 1.78. The number of anilines is 1. The van der Waals surface area contributed by atoms with Crippen LogP contribution < -0.4 is 4.90 Å². The van der Waals surface area contributed by atoms with Gasteiger partial charge in [-0.2, -0.15) is 0 Å². The van der Waals surface area contributed by atoms with Crippen molar-refractivity contribution in [2.24, 2.45) is 0 Å². The van der Waals surface area contributed by atoms with Crippen LogP contribution in [0.4, 0.5) is 5.69 Å². The van der Waals surface area contributed by atoms with Crippen LogP contribution in [0.5, 0.6) is 0 Å². The minimum Gasteiger partial charge on any atom is -0.363 e. The first-order valence-electron chi connectivity index (χ1n) is 5.74. The van der Waals surface area contributed by atoms with Crippen LogP contribution in [0, 0.1) is 0 Å². The highest BCUT2D eigenvalue weighted by Gasteiger charge is 2.21. The molecule has 0 N–H and O–H groups in total. The number of Topliss-reactive ketones (excluding diaryl/α,β-unsaturated/α-hetero) is 1. The normalized spacial score (nSPS) is 13.8. The zero-order chi connectivity index (χ0) is 11.7. The number of benzene rings is 1. The van der Waals surface area contributed by atoms with E-state index in [-0.39, 0.29) is 5.78 Å². The maximum atomic E-state index is 12.0. The standard InChI is InChI=1S/C14H13NOS/c16-13(14-6-3-9-17-14)10-15-8-7-11-4-1-2-5-12(11)15/h1-6,9H,7-8,10H2. The van der Waals surface area contributed by atoms with Gasteiger partial charge in [0.05, 0.1) is 11.4 Å². The Morgan fingerprint density at radius 1 is 1.24 bits per heavy atom. The molecule has 3 heteroatoms.